The molecule has 30 heavy (non-hydrogen) atoms. The van der Waals surface area contributed by atoms with Crippen LogP contribution < -0.4 is 5.32 Å². The van der Waals surface area contributed by atoms with Crippen molar-refractivity contribution in [1.82, 2.24) is 20.0 Å². The molecule has 1 aromatic rings. The van der Waals surface area contributed by atoms with E-state index >= 15 is 0 Å². The van der Waals surface area contributed by atoms with E-state index in [0.717, 1.165) is 57.1 Å². The van der Waals surface area contributed by atoms with E-state index in [1.165, 1.54) is 44.2 Å². The molecule has 6 nitrogen and oxygen atoms in total. The van der Waals surface area contributed by atoms with Gasteiger partial charge in [-0.15, -0.1) is 0 Å². The topological polar surface area (TPSA) is 70.4 Å². The molecular weight excluding hydrogens is 376 g/mol. The largest absolute Gasteiger partial charge is 0.389 e. The van der Waals surface area contributed by atoms with Crippen LogP contribution in [0, 0.1) is 5.92 Å². The fourth-order valence-corrected chi connectivity index (χ4v) is 5.73. The van der Waals surface area contributed by atoms with Gasteiger partial charge in [-0.05, 0) is 50.9 Å². The molecular formula is C24H40N4O2. The first-order valence-electron chi connectivity index (χ1n) is 12.2. The van der Waals surface area contributed by atoms with Crippen LogP contribution in [0.2, 0.25) is 0 Å². The van der Waals surface area contributed by atoms with Gasteiger partial charge in [-0.1, -0.05) is 38.5 Å². The fraction of sp³-hybridized carbons (Fsp3) is 0.833. The normalized spacial score (nSPS) is 24.4. The van der Waals surface area contributed by atoms with Crippen molar-refractivity contribution in [2.75, 3.05) is 20.6 Å². The number of aliphatic hydroxyl groups is 1. The molecule has 6 heteroatoms. The van der Waals surface area contributed by atoms with E-state index in [1.807, 2.05) is 14.1 Å². The van der Waals surface area contributed by atoms with E-state index in [0.29, 0.717) is 24.2 Å². The van der Waals surface area contributed by atoms with Crippen molar-refractivity contribution < 1.29 is 9.90 Å². The highest BCUT2D eigenvalue weighted by Gasteiger charge is 2.33. The molecule has 0 spiro atoms. The number of nitrogens with zero attached hydrogens (tertiary/aromatic N) is 3. The molecule has 1 atom stereocenters. The lowest BCUT2D eigenvalue weighted by molar-refractivity contribution is 0.00227. The van der Waals surface area contributed by atoms with Crippen molar-refractivity contribution in [1.29, 1.82) is 0 Å². The molecule has 2 N–H and O–H groups in total. The Morgan fingerprint density at radius 2 is 1.83 bits per heavy atom. The summed E-state index contributed by atoms with van der Waals surface area (Å²) in [6, 6.07) is 0.310. The van der Waals surface area contributed by atoms with Gasteiger partial charge in [0.15, 0.2) is 5.69 Å². The average molecular weight is 417 g/mol. The van der Waals surface area contributed by atoms with Crippen LogP contribution in [0.4, 0.5) is 0 Å². The van der Waals surface area contributed by atoms with Crippen LogP contribution in [0.5, 0.6) is 0 Å². The first-order chi connectivity index (χ1) is 14.5. The van der Waals surface area contributed by atoms with Gasteiger partial charge in [0, 0.05) is 44.5 Å². The van der Waals surface area contributed by atoms with Crippen LogP contribution >= 0.6 is 0 Å². The van der Waals surface area contributed by atoms with Crippen LogP contribution in [0.25, 0.3) is 0 Å². The van der Waals surface area contributed by atoms with Gasteiger partial charge in [0.25, 0.3) is 5.91 Å². The third-order valence-corrected chi connectivity index (χ3v) is 7.62. The summed E-state index contributed by atoms with van der Waals surface area (Å²) in [6.07, 6.45) is 14.7. The Balaban J connectivity index is 1.48. The lowest BCUT2D eigenvalue weighted by Crippen LogP contribution is -2.47. The number of aromatic nitrogens is 2. The van der Waals surface area contributed by atoms with Gasteiger partial charge in [-0.3, -0.25) is 9.48 Å². The Morgan fingerprint density at radius 1 is 1.13 bits per heavy atom. The summed E-state index contributed by atoms with van der Waals surface area (Å²) in [5.41, 5.74) is 2.52. The van der Waals surface area contributed by atoms with Crippen molar-refractivity contribution in [2.45, 2.75) is 102 Å². The van der Waals surface area contributed by atoms with Gasteiger partial charge in [0.1, 0.15) is 0 Å². The van der Waals surface area contributed by atoms with E-state index < -0.39 is 5.60 Å². The number of hydrogen-bond acceptors (Lipinski definition) is 4. The monoisotopic (exact) mass is 416 g/mol. The number of carbonyl (C=O) groups excluding carboxylic acids is 1. The minimum atomic E-state index is -0.550. The van der Waals surface area contributed by atoms with Crippen molar-refractivity contribution in [3.63, 3.8) is 0 Å². The maximum absolute atomic E-state index is 12.9. The molecule has 0 aliphatic heterocycles. The Morgan fingerprint density at radius 3 is 2.53 bits per heavy atom. The third kappa shape index (κ3) is 4.91. The maximum atomic E-state index is 12.9. The summed E-state index contributed by atoms with van der Waals surface area (Å²) in [6.45, 7) is 1.63. The molecule has 0 saturated heterocycles. The molecule has 1 amide bonds. The number of rotatable bonds is 6. The van der Waals surface area contributed by atoms with Crippen LogP contribution in [-0.4, -0.2) is 58.0 Å². The molecule has 0 bridgehead atoms. The van der Waals surface area contributed by atoms with Crippen LogP contribution in [0.1, 0.15) is 92.4 Å². The molecule has 0 radical (unpaired) electrons. The number of nitrogens with one attached hydrogen (secondary N) is 1. The zero-order valence-electron chi connectivity index (χ0n) is 19.0. The molecule has 3 aliphatic rings. The van der Waals surface area contributed by atoms with E-state index in [1.54, 1.807) is 4.90 Å². The van der Waals surface area contributed by atoms with Gasteiger partial charge in [0.2, 0.25) is 0 Å². The second-order valence-electron chi connectivity index (χ2n) is 10.3. The molecule has 168 valence electrons. The predicted octanol–water partition coefficient (Wildman–Crippen LogP) is 3.31. The highest BCUT2D eigenvalue weighted by atomic mass is 16.3. The van der Waals surface area contributed by atoms with Crippen molar-refractivity contribution in [2.24, 2.45) is 5.92 Å². The smallest absolute Gasteiger partial charge is 0.274 e. The number of fused-ring (bicyclic) bond motifs is 1. The van der Waals surface area contributed by atoms with E-state index in [2.05, 4.69) is 10.00 Å². The van der Waals surface area contributed by atoms with Crippen molar-refractivity contribution >= 4 is 5.91 Å². The number of amides is 1. The lowest BCUT2D eigenvalue weighted by atomic mass is 9.84. The quantitative estimate of drug-likeness (QED) is 0.746. The van der Waals surface area contributed by atoms with Crippen LogP contribution in [0.15, 0.2) is 0 Å². The fourth-order valence-electron chi connectivity index (χ4n) is 5.73. The Hall–Kier alpha value is -1.40. The first kappa shape index (κ1) is 21.8. The molecule has 1 heterocycles. The van der Waals surface area contributed by atoms with E-state index in [4.69, 9.17) is 5.10 Å². The number of carbonyl (C=O) groups is 1. The highest BCUT2D eigenvalue weighted by Crippen LogP contribution is 2.31. The third-order valence-electron chi connectivity index (χ3n) is 7.62. The summed E-state index contributed by atoms with van der Waals surface area (Å²) in [4.78, 5) is 14.5. The summed E-state index contributed by atoms with van der Waals surface area (Å²) in [5.74, 6) is 0.710. The highest BCUT2D eigenvalue weighted by molar-refractivity contribution is 5.93. The number of hydrogen-bond donors (Lipinski definition) is 2. The molecule has 3 aliphatic carbocycles. The second-order valence-corrected chi connectivity index (χ2v) is 10.3. The maximum Gasteiger partial charge on any atom is 0.274 e. The summed E-state index contributed by atoms with van der Waals surface area (Å²) in [7, 11) is 3.62. The lowest BCUT2D eigenvalue weighted by Gasteiger charge is -2.35. The SMILES string of the molecule is CN(C)C(=O)c1nn(CC2CCCCC2)c2c1CC(NCC1(O)CCCCC1)CC2. The standard InChI is InChI=1S/C24H40N4O2/c1-27(2)23(29)22-20-15-19(25-17-24(30)13-7-4-8-14-24)11-12-21(20)28(26-22)16-18-9-5-3-6-10-18/h18-19,25,30H,3-17H2,1-2H3. The molecule has 1 unspecified atom stereocenters. The van der Waals surface area contributed by atoms with Gasteiger partial charge in [-0.2, -0.15) is 5.10 Å². The molecule has 0 aromatic carbocycles. The molecule has 2 saturated carbocycles. The predicted molar refractivity (Wildman–Crippen MR) is 119 cm³/mol. The molecule has 4 rings (SSSR count). The average Bonchev–Trinajstić information content (AvgIpc) is 3.10. The zero-order chi connectivity index (χ0) is 21.1. The molecule has 1 aromatic heterocycles. The Labute approximate surface area is 181 Å². The van der Waals surface area contributed by atoms with Gasteiger partial charge < -0.3 is 15.3 Å². The van der Waals surface area contributed by atoms with Gasteiger partial charge in [0.05, 0.1) is 5.60 Å². The zero-order valence-corrected chi connectivity index (χ0v) is 19.0. The van der Waals surface area contributed by atoms with Crippen molar-refractivity contribution in [3.05, 3.63) is 17.0 Å². The summed E-state index contributed by atoms with van der Waals surface area (Å²) < 4.78 is 2.17. The van der Waals surface area contributed by atoms with Gasteiger partial charge in [-0.25, -0.2) is 0 Å². The van der Waals surface area contributed by atoms with Gasteiger partial charge >= 0.3 is 0 Å². The summed E-state index contributed by atoms with van der Waals surface area (Å²) >= 11 is 0. The minimum Gasteiger partial charge on any atom is -0.389 e. The Bertz CT molecular complexity index is 730. The summed E-state index contributed by atoms with van der Waals surface area (Å²) in [5, 5.41) is 19.4. The Kier molecular flexibility index (Phi) is 6.83. The van der Waals surface area contributed by atoms with E-state index in [-0.39, 0.29) is 5.91 Å². The minimum absolute atomic E-state index is 0.0141. The van der Waals surface area contributed by atoms with Crippen LogP contribution in [0.3, 0.4) is 0 Å². The van der Waals surface area contributed by atoms with Crippen molar-refractivity contribution in [3.8, 4) is 0 Å². The molecule has 2 fully saturated rings. The van der Waals surface area contributed by atoms with E-state index in [9.17, 15) is 9.90 Å². The first-order valence-corrected chi connectivity index (χ1v) is 12.2. The van der Waals surface area contributed by atoms with Crippen LogP contribution in [-0.2, 0) is 19.4 Å². The second kappa shape index (κ2) is 9.39.